The molecule has 21 heavy (non-hydrogen) atoms. The summed E-state index contributed by atoms with van der Waals surface area (Å²) in [6, 6.07) is 6.34. The molecule has 0 spiro atoms. The van der Waals surface area contributed by atoms with E-state index in [-0.39, 0.29) is 30.3 Å². The third-order valence-electron chi connectivity index (χ3n) is 3.51. The minimum Gasteiger partial charge on any atom is -0.351 e. The maximum atomic E-state index is 12.1. The number of nitrogens with one attached hydrogen (secondary N) is 2. The van der Waals surface area contributed by atoms with Crippen LogP contribution < -0.4 is 22.1 Å². The summed E-state index contributed by atoms with van der Waals surface area (Å²) in [4.78, 5) is 22.8. The molecule has 0 bridgehead atoms. The van der Waals surface area contributed by atoms with E-state index in [9.17, 15) is 9.59 Å². The highest BCUT2D eigenvalue weighted by atomic mass is 35.5. The monoisotopic (exact) mass is 312 g/mol. The number of amides is 3. The van der Waals surface area contributed by atoms with E-state index in [4.69, 9.17) is 11.5 Å². The van der Waals surface area contributed by atoms with Gasteiger partial charge in [0, 0.05) is 23.3 Å². The van der Waals surface area contributed by atoms with Crippen molar-refractivity contribution in [3.8, 4) is 0 Å². The number of carbonyl (C=O) groups excluding carboxylic acids is 2. The lowest BCUT2D eigenvalue weighted by Crippen LogP contribution is -2.34. The number of halogens is 1. The Kier molecular flexibility index (Phi) is 6.45. The molecular weight excluding hydrogens is 292 g/mol. The van der Waals surface area contributed by atoms with E-state index in [2.05, 4.69) is 10.6 Å². The van der Waals surface area contributed by atoms with Crippen LogP contribution in [0.15, 0.2) is 24.3 Å². The molecule has 1 aromatic rings. The highest BCUT2D eigenvalue weighted by molar-refractivity contribution is 5.93. The van der Waals surface area contributed by atoms with Crippen molar-refractivity contribution in [1.29, 1.82) is 0 Å². The van der Waals surface area contributed by atoms with Crippen LogP contribution in [0, 0.1) is 5.92 Å². The molecule has 0 aliphatic heterocycles. The first-order valence-electron chi connectivity index (χ1n) is 6.77. The number of nitrogens with two attached hydrogens (primary N) is 2. The lowest BCUT2D eigenvalue weighted by molar-refractivity contribution is -0.120. The minimum absolute atomic E-state index is 0. The Morgan fingerprint density at radius 1 is 1.05 bits per heavy atom. The fourth-order valence-electron chi connectivity index (χ4n) is 2.49. The summed E-state index contributed by atoms with van der Waals surface area (Å²) in [7, 11) is 0. The van der Waals surface area contributed by atoms with Gasteiger partial charge in [0.2, 0.25) is 5.91 Å². The van der Waals surface area contributed by atoms with Crippen molar-refractivity contribution < 1.29 is 9.59 Å². The Balaban J connectivity index is 0.00000220. The van der Waals surface area contributed by atoms with Crippen molar-refractivity contribution in [2.75, 3.05) is 10.6 Å². The fourth-order valence-corrected chi connectivity index (χ4v) is 2.49. The smallest absolute Gasteiger partial charge is 0.316 e. The molecule has 1 aromatic carbocycles. The molecule has 7 heteroatoms. The van der Waals surface area contributed by atoms with E-state index in [0.717, 1.165) is 25.7 Å². The topological polar surface area (TPSA) is 110 Å². The number of primary amides is 1. The van der Waals surface area contributed by atoms with Crippen LogP contribution in [0.5, 0.6) is 0 Å². The molecule has 3 amide bonds. The fraction of sp³-hybridized carbons (Fsp3) is 0.429. The molecule has 2 unspecified atom stereocenters. The number of rotatable bonds is 3. The van der Waals surface area contributed by atoms with Crippen molar-refractivity contribution in [3.63, 3.8) is 0 Å². The first-order valence-corrected chi connectivity index (χ1v) is 6.77. The van der Waals surface area contributed by atoms with E-state index in [0.29, 0.717) is 11.4 Å². The molecule has 1 aliphatic carbocycles. The summed E-state index contributed by atoms with van der Waals surface area (Å²) in [5, 5.41) is 5.34. The summed E-state index contributed by atoms with van der Waals surface area (Å²) >= 11 is 0. The predicted molar refractivity (Wildman–Crippen MR) is 85.5 cm³/mol. The van der Waals surface area contributed by atoms with E-state index in [1.165, 1.54) is 0 Å². The number of urea groups is 1. The van der Waals surface area contributed by atoms with Gasteiger partial charge >= 0.3 is 6.03 Å². The van der Waals surface area contributed by atoms with Crippen LogP contribution in [-0.4, -0.2) is 18.0 Å². The largest absolute Gasteiger partial charge is 0.351 e. The van der Waals surface area contributed by atoms with Crippen LogP contribution in [0.1, 0.15) is 25.7 Å². The van der Waals surface area contributed by atoms with Gasteiger partial charge in [0.25, 0.3) is 0 Å². The Hall–Kier alpha value is -1.79. The second kappa shape index (κ2) is 7.85. The quantitative estimate of drug-likeness (QED) is 0.685. The third-order valence-corrected chi connectivity index (χ3v) is 3.51. The van der Waals surface area contributed by atoms with Crippen molar-refractivity contribution in [2.24, 2.45) is 17.4 Å². The van der Waals surface area contributed by atoms with Crippen molar-refractivity contribution in [3.05, 3.63) is 24.3 Å². The van der Waals surface area contributed by atoms with Crippen LogP contribution in [0.3, 0.4) is 0 Å². The summed E-state index contributed by atoms with van der Waals surface area (Å²) in [5.41, 5.74) is 12.2. The zero-order valence-corrected chi connectivity index (χ0v) is 12.5. The molecule has 1 fully saturated rings. The van der Waals surface area contributed by atoms with Gasteiger partial charge in [-0.25, -0.2) is 4.79 Å². The van der Waals surface area contributed by atoms with Crippen molar-refractivity contribution >= 4 is 35.7 Å². The summed E-state index contributed by atoms with van der Waals surface area (Å²) in [6.07, 6.45) is 3.63. The summed E-state index contributed by atoms with van der Waals surface area (Å²) in [6.45, 7) is 0. The van der Waals surface area contributed by atoms with Crippen molar-refractivity contribution in [1.82, 2.24) is 0 Å². The van der Waals surface area contributed by atoms with Crippen LogP contribution >= 0.6 is 12.4 Å². The van der Waals surface area contributed by atoms with E-state index in [1.54, 1.807) is 24.3 Å². The highest BCUT2D eigenvalue weighted by Crippen LogP contribution is 2.24. The second-order valence-electron chi connectivity index (χ2n) is 5.18. The maximum Gasteiger partial charge on any atom is 0.316 e. The first kappa shape index (κ1) is 17.3. The van der Waals surface area contributed by atoms with Crippen LogP contribution in [0.2, 0.25) is 0 Å². The molecule has 116 valence electrons. The Morgan fingerprint density at radius 2 is 1.62 bits per heavy atom. The van der Waals surface area contributed by atoms with Gasteiger partial charge in [0.1, 0.15) is 0 Å². The molecular formula is C14H21ClN4O2. The zero-order chi connectivity index (χ0) is 14.5. The SMILES string of the molecule is Cl.NC(=O)Nc1ccc(NC(=O)C2CCCC(N)C2)cc1. The van der Waals surface area contributed by atoms with E-state index < -0.39 is 6.03 Å². The Bertz CT molecular complexity index is 492. The molecule has 0 saturated heterocycles. The van der Waals surface area contributed by atoms with E-state index >= 15 is 0 Å². The van der Waals surface area contributed by atoms with Gasteiger partial charge in [-0.2, -0.15) is 0 Å². The Morgan fingerprint density at radius 3 is 2.14 bits per heavy atom. The van der Waals surface area contributed by atoms with Gasteiger partial charge in [0.15, 0.2) is 0 Å². The Labute approximate surface area is 130 Å². The molecule has 0 heterocycles. The number of hydrogen-bond donors (Lipinski definition) is 4. The van der Waals surface area contributed by atoms with Gasteiger partial charge < -0.3 is 22.1 Å². The standard InChI is InChI=1S/C14H20N4O2.ClH/c15-10-3-1-2-9(8-10)13(19)17-11-4-6-12(7-5-11)18-14(16)20;/h4-7,9-10H,1-3,8,15H2,(H,17,19)(H3,16,18,20);1H. The average Bonchev–Trinajstić information content (AvgIpc) is 2.40. The molecule has 2 rings (SSSR count). The molecule has 0 radical (unpaired) electrons. The van der Waals surface area contributed by atoms with E-state index in [1.807, 2.05) is 0 Å². The van der Waals surface area contributed by atoms with Crippen molar-refractivity contribution in [2.45, 2.75) is 31.7 Å². The minimum atomic E-state index is -0.613. The third kappa shape index (κ3) is 5.24. The van der Waals surface area contributed by atoms with Crippen LogP contribution in [0.4, 0.5) is 16.2 Å². The number of carbonyl (C=O) groups is 2. The molecule has 0 aromatic heterocycles. The lowest BCUT2D eigenvalue weighted by Gasteiger charge is -2.25. The molecule has 6 N–H and O–H groups in total. The molecule has 1 aliphatic rings. The van der Waals surface area contributed by atoms with Gasteiger partial charge in [-0.15, -0.1) is 12.4 Å². The second-order valence-corrected chi connectivity index (χ2v) is 5.18. The zero-order valence-electron chi connectivity index (χ0n) is 11.7. The number of anilines is 2. The summed E-state index contributed by atoms with van der Waals surface area (Å²) in [5.74, 6) is -0.00192. The molecule has 1 saturated carbocycles. The summed E-state index contributed by atoms with van der Waals surface area (Å²) < 4.78 is 0. The van der Waals surface area contributed by atoms with Gasteiger partial charge in [0.05, 0.1) is 0 Å². The van der Waals surface area contributed by atoms with Gasteiger partial charge in [-0.3, -0.25) is 4.79 Å². The highest BCUT2D eigenvalue weighted by Gasteiger charge is 2.25. The van der Waals surface area contributed by atoms with Crippen LogP contribution in [-0.2, 0) is 4.79 Å². The van der Waals surface area contributed by atoms with Crippen LogP contribution in [0.25, 0.3) is 0 Å². The maximum absolute atomic E-state index is 12.1. The lowest BCUT2D eigenvalue weighted by atomic mass is 9.85. The van der Waals surface area contributed by atoms with Gasteiger partial charge in [-0.1, -0.05) is 6.42 Å². The van der Waals surface area contributed by atoms with Gasteiger partial charge in [-0.05, 0) is 43.5 Å². The normalized spacial score (nSPS) is 21.0. The molecule has 6 nitrogen and oxygen atoms in total. The first-order chi connectivity index (χ1) is 9.54. The number of hydrogen-bond acceptors (Lipinski definition) is 3. The number of benzene rings is 1. The predicted octanol–water partition coefficient (Wildman–Crippen LogP) is 2.05. The average molecular weight is 313 g/mol. The molecule has 2 atom stereocenters.